The molecule has 0 aromatic heterocycles. The molecule has 0 rings (SSSR count). The maximum atomic E-state index is 5.10. The summed E-state index contributed by atoms with van der Waals surface area (Å²) in [5.74, 6) is 0. The number of rotatable bonds is 0. The molecular weight excluding hydrogens is 161 g/mol. The number of hydrogen-bond donors (Lipinski definition) is 0. The molecule has 0 bridgehead atoms. The molecule has 0 saturated heterocycles. The summed E-state index contributed by atoms with van der Waals surface area (Å²) in [4.78, 5) is 0. The van der Waals surface area contributed by atoms with Crippen molar-refractivity contribution in [1.82, 2.24) is 0 Å². The van der Waals surface area contributed by atoms with E-state index < -0.39 is 0 Å². The molecule has 25 valence electrons. The Hall–Kier alpha value is 0.563. The summed E-state index contributed by atoms with van der Waals surface area (Å²) in [7, 11) is 5.10. The summed E-state index contributed by atoms with van der Waals surface area (Å²) in [6.07, 6.45) is 0. The van der Waals surface area contributed by atoms with Gasteiger partial charge >= 0.3 is 36.2 Å². The fourth-order valence-corrected chi connectivity index (χ4v) is 0. The molecule has 0 aromatic rings. The van der Waals surface area contributed by atoms with Gasteiger partial charge in [-0.05, 0) is 0 Å². The average Bonchev–Trinajstić information content (AvgIpc) is 1.37. The SMILES string of the molecule is C=[C]=[Ru][Cl]. The molecule has 2 heteroatoms. The summed E-state index contributed by atoms with van der Waals surface area (Å²) in [6, 6.07) is 0. The number of halogens is 1. The van der Waals surface area contributed by atoms with Crippen molar-refractivity contribution in [3.63, 3.8) is 0 Å². The Morgan fingerprint density at radius 3 is 2.25 bits per heavy atom. The Kier molecular flexibility index (Phi) is 4.07. The van der Waals surface area contributed by atoms with Gasteiger partial charge in [-0.15, -0.1) is 0 Å². The summed E-state index contributed by atoms with van der Waals surface area (Å²) < 4.78 is 2.54. The van der Waals surface area contributed by atoms with Gasteiger partial charge in [0.1, 0.15) is 0 Å². The topological polar surface area (TPSA) is 0 Å². The molecule has 0 nitrogen and oxygen atoms in total. The van der Waals surface area contributed by atoms with Gasteiger partial charge in [0.05, 0.1) is 0 Å². The van der Waals surface area contributed by atoms with E-state index in [0.29, 0.717) is 0 Å². The molecule has 0 saturated carbocycles. The van der Waals surface area contributed by atoms with Crippen LogP contribution in [0.4, 0.5) is 0 Å². The van der Waals surface area contributed by atoms with Crippen molar-refractivity contribution in [2.24, 2.45) is 0 Å². The van der Waals surface area contributed by atoms with E-state index in [9.17, 15) is 0 Å². The van der Waals surface area contributed by atoms with E-state index in [1.807, 2.05) is 0 Å². The zero-order valence-corrected chi connectivity index (χ0v) is 4.43. The van der Waals surface area contributed by atoms with Gasteiger partial charge in [0, 0.05) is 0 Å². The summed E-state index contributed by atoms with van der Waals surface area (Å²) in [5.41, 5.74) is 0. The van der Waals surface area contributed by atoms with E-state index >= 15 is 0 Å². The summed E-state index contributed by atoms with van der Waals surface area (Å²) in [6.45, 7) is 3.26. The molecule has 0 unspecified atom stereocenters. The van der Waals surface area contributed by atoms with E-state index in [-0.39, 0.29) is 15.7 Å². The van der Waals surface area contributed by atoms with Gasteiger partial charge in [-0.25, -0.2) is 0 Å². The zero-order chi connectivity index (χ0) is 3.41. The fraction of sp³-hybridized carbons (Fsp3) is 0. The van der Waals surface area contributed by atoms with Gasteiger partial charge < -0.3 is 0 Å². The Bertz CT molecular complexity index is 44.0. The fourth-order valence-electron chi connectivity index (χ4n) is 0. The molecule has 0 heterocycles. The van der Waals surface area contributed by atoms with Crippen LogP contribution in [0.2, 0.25) is 0 Å². The Balaban J connectivity index is 3.11. The normalized spacial score (nSPS) is 5.25. The van der Waals surface area contributed by atoms with E-state index in [2.05, 4.69) is 10.8 Å². The van der Waals surface area contributed by atoms with Gasteiger partial charge in [-0.3, -0.25) is 0 Å². The Morgan fingerprint density at radius 2 is 2.25 bits per heavy atom. The van der Waals surface area contributed by atoms with E-state index in [1.165, 1.54) is 0 Å². The molecule has 0 aromatic carbocycles. The molecule has 0 aliphatic rings. The van der Waals surface area contributed by atoms with Gasteiger partial charge in [-0.2, -0.15) is 0 Å². The minimum atomic E-state index is -0.149. The van der Waals surface area contributed by atoms with E-state index in [4.69, 9.17) is 9.69 Å². The van der Waals surface area contributed by atoms with Gasteiger partial charge in [0.15, 0.2) is 0 Å². The second-order valence-corrected chi connectivity index (χ2v) is 1.93. The van der Waals surface area contributed by atoms with Gasteiger partial charge in [-0.1, -0.05) is 0 Å². The average molecular weight is 163 g/mol. The van der Waals surface area contributed by atoms with E-state index in [1.54, 1.807) is 0 Å². The predicted octanol–water partition coefficient (Wildman–Crippen LogP) is 0.810. The molecule has 0 spiro atoms. The van der Waals surface area contributed by atoms with Crippen molar-refractivity contribution in [2.45, 2.75) is 0 Å². The summed E-state index contributed by atoms with van der Waals surface area (Å²) in [5, 5.41) is 0. The van der Waals surface area contributed by atoms with Crippen LogP contribution >= 0.6 is 9.69 Å². The van der Waals surface area contributed by atoms with Crippen LogP contribution < -0.4 is 0 Å². The van der Waals surface area contributed by atoms with Crippen LogP contribution in [-0.2, 0) is 15.7 Å². The van der Waals surface area contributed by atoms with Crippen LogP contribution in [0, 0.1) is 0 Å². The van der Waals surface area contributed by atoms with Crippen molar-refractivity contribution >= 4 is 14.0 Å². The Labute approximate surface area is 36.6 Å². The van der Waals surface area contributed by atoms with Crippen LogP contribution in [0.25, 0.3) is 0 Å². The third kappa shape index (κ3) is 2.56. The van der Waals surface area contributed by atoms with Crippen molar-refractivity contribution in [2.75, 3.05) is 0 Å². The second-order valence-electron chi connectivity index (χ2n) is 0.192. The van der Waals surface area contributed by atoms with Crippen LogP contribution in [0.5, 0.6) is 0 Å². The Morgan fingerprint density at radius 1 is 2.00 bits per heavy atom. The predicted molar refractivity (Wildman–Crippen MR) is 16.5 cm³/mol. The molecule has 0 fully saturated rings. The molecule has 0 aliphatic carbocycles. The standard InChI is InChI=1S/C2H2.ClH.Ru/c1-2;;/h1H2;1H;/q;;+1/p-1. The zero-order valence-electron chi connectivity index (χ0n) is 1.94. The molecule has 0 aliphatic heterocycles. The first-order valence-corrected chi connectivity index (χ1v) is 3.77. The first-order chi connectivity index (χ1) is 1.91. The molecule has 0 atom stereocenters. The number of hydrogen-bond acceptors (Lipinski definition) is 0. The van der Waals surface area contributed by atoms with Crippen LogP contribution in [-0.4, -0.2) is 4.26 Å². The first-order valence-electron chi connectivity index (χ1n) is 0.664. The van der Waals surface area contributed by atoms with Crippen molar-refractivity contribution in [1.29, 1.82) is 0 Å². The van der Waals surface area contributed by atoms with Crippen molar-refractivity contribution < 1.29 is 15.7 Å². The van der Waals surface area contributed by atoms with Crippen molar-refractivity contribution in [3.8, 4) is 0 Å². The maximum absolute atomic E-state index is 5.10. The first kappa shape index (κ1) is 4.56. The summed E-state index contributed by atoms with van der Waals surface area (Å²) >= 11 is -0.149. The third-order valence-corrected chi connectivity index (χ3v) is 0.839. The molecular formula is C2H2ClRu. The monoisotopic (exact) mass is 163 g/mol. The van der Waals surface area contributed by atoms with Gasteiger partial charge in [0.2, 0.25) is 0 Å². The quantitative estimate of drug-likeness (QED) is 0.463. The molecule has 0 amide bonds. The molecule has 0 radical (unpaired) electrons. The van der Waals surface area contributed by atoms with Crippen molar-refractivity contribution in [3.05, 3.63) is 6.58 Å². The van der Waals surface area contributed by atoms with Crippen LogP contribution in [0.3, 0.4) is 0 Å². The third-order valence-electron chi connectivity index (χ3n) is 0.0472. The van der Waals surface area contributed by atoms with Crippen LogP contribution in [0.1, 0.15) is 0 Å². The molecule has 0 N–H and O–H groups in total. The minimum absolute atomic E-state index is 0.149. The molecule has 4 heavy (non-hydrogen) atoms. The van der Waals surface area contributed by atoms with E-state index in [0.717, 1.165) is 0 Å². The second kappa shape index (κ2) is 3.56. The van der Waals surface area contributed by atoms with Gasteiger partial charge in [0.25, 0.3) is 0 Å². The van der Waals surface area contributed by atoms with Crippen LogP contribution in [0.15, 0.2) is 6.58 Å².